The minimum atomic E-state index is -1.000. The summed E-state index contributed by atoms with van der Waals surface area (Å²) in [5.41, 5.74) is 1.51. The molecule has 20 heavy (non-hydrogen) atoms. The molecule has 102 valence electrons. The molecule has 0 spiro atoms. The van der Waals surface area contributed by atoms with Crippen molar-refractivity contribution >= 4 is 34.9 Å². The summed E-state index contributed by atoms with van der Waals surface area (Å²) in [5, 5.41) is 10.2. The Morgan fingerprint density at radius 1 is 1.30 bits per heavy atom. The van der Waals surface area contributed by atoms with E-state index in [1.54, 1.807) is 35.8 Å². The Morgan fingerprint density at radius 2 is 2.05 bits per heavy atom. The molecule has 0 saturated heterocycles. The number of aromatic carboxylic acids is 1. The first kappa shape index (κ1) is 13.0. The summed E-state index contributed by atoms with van der Waals surface area (Å²) < 4.78 is 3.15. The molecule has 0 atom stereocenters. The Labute approximate surface area is 124 Å². The van der Waals surface area contributed by atoms with Gasteiger partial charge < -0.3 is 9.67 Å². The molecule has 3 aromatic rings. The van der Waals surface area contributed by atoms with E-state index in [0.29, 0.717) is 27.1 Å². The zero-order valence-corrected chi connectivity index (χ0v) is 11.9. The Hall–Kier alpha value is -1.98. The monoisotopic (exact) mass is 309 g/mol. The number of rotatable bonds is 2. The first-order valence-electron chi connectivity index (χ1n) is 5.70. The number of hydrogen-bond donors (Lipinski definition) is 1. The largest absolute Gasteiger partial charge is 0.477 e. The van der Waals surface area contributed by atoms with Crippen LogP contribution in [0.15, 0.2) is 30.6 Å². The quantitative estimate of drug-likeness (QED) is 0.789. The molecule has 0 fully saturated rings. The molecule has 0 aliphatic rings. The second-order valence-corrected chi connectivity index (χ2v) is 5.18. The van der Waals surface area contributed by atoms with Crippen molar-refractivity contribution in [1.29, 1.82) is 0 Å². The van der Waals surface area contributed by atoms with E-state index in [9.17, 15) is 4.79 Å². The molecule has 0 radical (unpaired) electrons. The van der Waals surface area contributed by atoms with Gasteiger partial charge in [0.05, 0.1) is 10.7 Å². The van der Waals surface area contributed by atoms with Crippen LogP contribution in [0.3, 0.4) is 0 Å². The predicted molar refractivity (Wildman–Crippen MR) is 76.6 cm³/mol. The van der Waals surface area contributed by atoms with Crippen molar-refractivity contribution in [3.8, 4) is 11.3 Å². The lowest BCUT2D eigenvalue weighted by Gasteiger charge is -2.01. The summed E-state index contributed by atoms with van der Waals surface area (Å²) in [5.74, 6) is -0.478. The lowest BCUT2D eigenvalue weighted by atomic mass is 10.2. The standard InChI is InChI=1S/C13H9Cl2N3O2/c1-17-11(12(19)20)6-18-5-10(16-13(17)18)8-4-7(14)2-3-9(8)15/h2-6H,1H3,(H,19,20). The van der Waals surface area contributed by atoms with Crippen LogP contribution < -0.4 is 0 Å². The summed E-state index contributed by atoms with van der Waals surface area (Å²) in [7, 11) is 1.65. The molecule has 3 rings (SSSR count). The van der Waals surface area contributed by atoms with Crippen LogP contribution in [0, 0.1) is 0 Å². The van der Waals surface area contributed by atoms with E-state index in [2.05, 4.69) is 4.98 Å². The van der Waals surface area contributed by atoms with Crippen LogP contribution in [0.5, 0.6) is 0 Å². The fraction of sp³-hybridized carbons (Fsp3) is 0.0769. The molecule has 1 N–H and O–H groups in total. The summed E-state index contributed by atoms with van der Waals surface area (Å²) in [6.45, 7) is 0. The van der Waals surface area contributed by atoms with Gasteiger partial charge in [-0.15, -0.1) is 0 Å². The number of hydrogen-bond acceptors (Lipinski definition) is 2. The number of nitrogens with zero attached hydrogens (tertiary/aromatic N) is 3. The molecule has 0 amide bonds. The summed E-state index contributed by atoms with van der Waals surface area (Å²) in [6, 6.07) is 5.13. The lowest BCUT2D eigenvalue weighted by Crippen LogP contribution is -2.04. The van der Waals surface area contributed by atoms with E-state index in [4.69, 9.17) is 28.3 Å². The number of benzene rings is 1. The first-order valence-corrected chi connectivity index (χ1v) is 6.46. The Bertz CT molecular complexity index is 836. The third-order valence-corrected chi connectivity index (χ3v) is 3.62. The molecule has 2 heterocycles. The smallest absolute Gasteiger partial charge is 0.354 e. The number of fused-ring (bicyclic) bond motifs is 1. The number of carbonyl (C=O) groups is 1. The Kier molecular flexibility index (Phi) is 2.96. The van der Waals surface area contributed by atoms with Crippen LogP contribution in [0.1, 0.15) is 10.5 Å². The second-order valence-electron chi connectivity index (χ2n) is 4.34. The van der Waals surface area contributed by atoms with E-state index in [-0.39, 0.29) is 5.69 Å². The third kappa shape index (κ3) is 1.95. The molecule has 5 nitrogen and oxygen atoms in total. The maximum atomic E-state index is 11.0. The molecular weight excluding hydrogens is 301 g/mol. The van der Waals surface area contributed by atoms with Gasteiger partial charge in [0, 0.05) is 30.0 Å². The zero-order chi connectivity index (χ0) is 14.4. The van der Waals surface area contributed by atoms with Crippen molar-refractivity contribution in [2.45, 2.75) is 0 Å². The van der Waals surface area contributed by atoms with Crippen LogP contribution in [0.4, 0.5) is 0 Å². The van der Waals surface area contributed by atoms with E-state index in [1.165, 1.54) is 10.8 Å². The fourth-order valence-corrected chi connectivity index (χ4v) is 2.46. The summed E-state index contributed by atoms with van der Waals surface area (Å²) in [4.78, 5) is 15.4. The van der Waals surface area contributed by atoms with Gasteiger partial charge in [-0.05, 0) is 18.2 Å². The van der Waals surface area contributed by atoms with Crippen molar-refractivity contribution in [3.05, 3.63) is 46.3 Å². The number of halogens is 2. The van der Waals surface area contributed by atoms with Gasteiger partial charge in [0.15, 0.2) is 0 Å². The first-order chi connectivity index (χ1) is 9.47. The Balaban J connectivity index is 2.19. The minimum Gasteiger partial charge on any atom is -0.477 e. The highest BCUT2D eigenvalue weighted by Crippen LogP contribution is 2.30. The fourth-order valence-electron chi connectivity index (χ4n) is 2.08. The second kappa shape index (κ2) is 4.54. The molecule has 0 aliphatic heterocycles. The van der Waals surface area contributed by atoms with Crippen molar-refractivity contribution in [1.82, 2.24) is 14.0 Å². The maximum absolute atomic E-state index is 11.0. The lowest BCUT2D eigenvalue weighted by molar-refractivity contribution is 0.0687. The highest BCUT2D eigenvalue weighted by molar-refractivity contribution is 6.35. The van der Waals surface area contributed by atoms with Gasteiger partial charge in [-0.3, -0.25) is 4.40 Å². The van der Waals surface area contributed by atoms with Crippen molar-refractivity contribution in [2.75, 3.05) is 0 Å². The van der Waals surface area contributed by atoms with Crippen molar-refractivity contribution in [2.24, 2.45) is 7.05 Å². The predicted octanol–water partition coefficient (Wildman–Crippen LogP) is 3.34. The number of aromatic nitrogens is 3. The van der Waals surface area contributed by atoms with Gasteiger partial charge in [-0.1, -0.05) is 23.2 Å². The zero-order valence-electron chi connectivity index (χ0n) is 10.3. The SMILES string of the molecule is Cn1c(C(=O)O)cn2cc(-c3cc(Cl)ccc3Cl)nc12. The highest BCUT2D eigenvalue weighted by atomic mass is 35.5. The third-order valence-electron chi connectivity index (χ3n) is 3.06. The van der Waals surface area contributed by atoms with Crippen LogP contribution >= 0.6 is 23.2 Å². The van der Waals surface area contributed by atoms with Gasteiger partial charge in [0.2, 0.25) is 5.78 Å². The van der Waals surface area contributed by atoms with Crippen molar-refractivity contribution in [3.63, 3.8) is 0 Å². The number of carboxylic acid groups (broad SMARTS) is 1. The molecule has 0 aliphatic carbocycles. The van der Waals surface area contributed by atoms with Crippen LogP contribution in [0.25, 0.3) is 17.0 Å². The number of imidazole rings is 2. The molecule has 0 unspecified atom stereocenters. The average molecular weight is 310 g/mol. The van der Waals surface area contributed by atoms with E-state index in [1.807, 2.05) is 0 Å². The van der Waals surface area contributed by atoms with Gasteiger partial charge in [-0.25, -0.2) is 9.78 Å². The maximum Gasteiger partial charge on any atom is 0.354 e. The molecule has 7 heteroatoms. The van der Waals surface area contributed by atoms with Crippen LogP contribution in [0.2, 0.25) is 10.0 Å². The molecule has 2 aromatic heterocycles. The molecular formula is C13H9Cl2N3O2. The van der Waals surface area contributed by atoms with E-state index in [0.717, 1.165) is 0 Å². The number of aryl methyl sites for hydroxylation is 1. The molecule has 0 bridgehead atoms. The molecule has 0 saturated carbocycles. The van der Waals surface area contributed by atoms with Crippen LogP contribution in [-0.4, -0.2) is 25.0 Å². The van der Waals surface area contributed by atoms with E-state index >= 15 is 0 Å². The normalized spacial score (nSPS) is 11.2. The average Bonchev–Trinajstić information content (AvgIpc) is 2.92. The summed E-state index contributed by atoms with van der Waals surface area (Å²) in [6.07, 6.45) is 3.23. The molecule has 1 aromatic carbocycles. The highest BCUT2D eigenvalue weighted by Gasteiger charge is 2.16. The van der Waals surface area contributed by atoms with Gasteiger partial charge in [0.1, 0.15) is 5.69 Å². The minimum absolute atomic E-state index is 0.163. The number of carboxylic acids is 1. The summed E-state index contributed by atoms with van der Waals surface area (Å²) >= 11 is 12.1. The van der Waals surface area contributed by atoms with Gasteiger partial charge >= 0.3 is 5.97 Å². The Morgan fingerprint density at radius 3 is 2.70 bits per heavy atom. The van der Waals surface area contributed by atoms with Gasteiger partial charge in [-0.2, -0.15) is 0 Å². The van der Waals surface area contributed by atoms with Crippen LogP contribution in [-0.2, 0) is 7.05 Å². The van der Waals surface area contributed by atoms with E-state index < -0.39 is 5.97 Å². The van der Waals surface area contributed by atoms with Gasteiger partial charge in [0.25, 0.3) is 0 Å². The van der Waals surface area contributed by atoms with Crippen molar-refractivity contribution < 1.29 is 9.90 Å². The topological polar surface area (TPSA) is 59.5 Å².